The standard InChI is InChI=1S/C16H15BrClN/c17-14-9-8-12(10-15(14)18)19-16-7-3-5-11-4-1-2-6-13(11)16/h1-2,4,6,8-10,16,19H,3,5,7H2. The van der Waals surface area contributed by atoms with Crippen LogP contribution in [-0.2, 0) is 6.42 Å². The highest BCUT2D eigenvalue weighted by atomic mass is 79.9. The van der Waals surface area contributed by atoms with Crippen LogP contribution in [0.2, 0.25) is 5.02 Å². The normalized spacial score (nSPS) is 17.9. The molecule has 0 spiro atoms. The number of hydrogen-bond acceptors (Lipinski definition) is 1. The molecule has 0 amide bonds. The lowest BCUT2D eigenvalue weighted by molar-refractivity contribution is 0.600. The maximum absolute atomic E-state index is 6.14. The maximum Gasteiger partial charge on any atom is 0.0568 e. The number of benzene rings is 2. The van der Waals surface area contributed by atoms with E-state index in [1.165, 1.54) is 30.4 Å². The molecule has 0 heterocycles. The fourth-order valence-electron chi connectivity index (χ4n) is 2.69. The van der Waals surface area contributed by atoms with Crippen molar-refractivity contribution in [3.8, 4) is 0 Å². The molecular formula is C16H15BrClN. The van der Waals surface area contributed by atoms with Crippen LogP contribution < -0.4 is 5.32 Å². The predicted octanol–water partition coefficient (Wildman–Crippen LogP) is 5.59. The summed E-state index contributed by atoms with van der Waals surface area (Å²) in [5.74, 6) is 0. The molecule has 0 aromatic heterocycles. The Morgan fingerprint density at radius 1 is 1.16 bits per heavy atom. The highest BCUT2D eigenvalue weighted by Gasteiger charge is 2.19. The summed E-state index contributed by atoms with van der Waals surface area (Å²) in [6.45, 7) is 0. The van der Waals surface area contributed by atoms with Gasteiger partial charge in [-0.15, -0.1) is 0 Å². The summed E-state index contributed by atoms with van der Waals surface area (Å²) in [6.07, 6.45) is 3.60. The molecule has 3 heteroatoms. The van der Waals surface area contributed by atoms with E-state index in [4.69, 9.17) is 11.6 Å². The molecule has 1 N–H and O–H groups in total. The fraction of sp³-hybridized carbons (Fsp3) is 0.250. The zero-order valence-electron chi connectivity index (χ0n) is 10.5. The van der Waals surface area contributed by atoms with E-state index in [-0.39, 0.29) is 0 Å². The smallest absolute Gasteiger partial charge is 0.0568 e. The molecule has 2 aromatic carbocycles. The van der Waals surface area contributed by atoms with Gasteiger partial charge in [-0.3, -0.25) is 0 Å². The van der Waals surface area contributed by atoms with E-state index in [1.807, 2.05) is 12.1 Å². The third-order valence-electron chi connectivity index (χ3n) is 3.63. The Kier molecular flexibility index (Phi) is 3.81. The summed E-state index contributed by atoms with van der Waals surface area (Å²) >= 11 is 9.57. The SMILES string of the molecule is Clc1cc(NC2CCCc3ccccc32)ccc1Br. The van der Waals surface area contributed by atoms with Gasteiger partial charge >= 0.3 is 0 Å². The second kappa shape index (κ2) is 5.56. The molecule has 1 aliphatic rings. The monoisotopic (exact) mass is 335 g/mol. The Morgan fingerprint density at radius 2 is 2.00 bits per heavy atom. The van der Waals surface area contributed by atoms with Crippen LogP contribution in [0.1, 0.15) is 30.0 Å². The van der Waals surface area contributed by atoms with Gasteiger partial charge in [0.2, 0.25) is 0 Å². The number of halogens is 2. The van der Waals surface area contributed by atoms with Gasteiger partial charge in [-0.2, -0.15) is 0 Å². The van der Waals surface area contributed by atoms with E-state index < -0.39 is 0 Å². The molecule has 1 atom stereocenters. The van der Waals surface area contributed by atoms with E-state index >= 15 is 0 Å². The third-order valence-corrected chi connectivity index (χ3v) is 4.86. The van der Waals surface area contributed by atoms with E-state index in [0.717, 1.165) is 15.2 Å². The van der Waals surface area contributed by atoms with Crippen LogP contribution in [0, 0.1) is 0 Å². The van der Waals surface area contributed by atoms with E-state index in [1.54, 1.807) is 0 Å². The zero-order valence-corrected chi connectivity index (χ0v) is 12.8. The molecular weight excluding hydrogens is 322 g/mol. The van der Waals surface area contributed by atoms with Crippen molar-refractivity contribution in [2.24, 2.45) is 0 Å². The first-order valence-corrected chi connectivity index (χ1v) is 7.70. The van der Waals surface area contributed by atoms with Crippen molar-refractivity contribution >= 4 is 33.2 Å². The topological polar surface area (TPSA) is 12.0 Å². The third kappa shape index (κ3) is 2.80. The number of hydrogen-bond donors (Lipinski definition) is 1. The quantitative estimate of drug-likeness (QED) is 0.753. The lowest BCUT2D eigenvalue weighted by Crippen LogP contribution is -2.17. The highest BCUT2D eigenvalue weighted by molar-refractivity contribution is 9.10. The summed E-state index contributed by atoms with van der Waals surface area (Å²) in [4.78, 5) is 0. The largest absolute Gasteiger partial charge is 0.378 e. The van der Waals surface area contributed by atoms with Gasteiger partial charge in [-0.05, 0) is 64.5 Å². The van der Waals surface area contributed by atoms with Crippen molar-refractivity contribution in [3.05, 3.63) is 63.1 Å². The minimum absolute atomic E-state index is 0.391. The Morgan fingerprint density at radius 3 is 2.84 bits per heavy atom. The Balaban J connectivity index is 1.86. The first kappa shape index (κ1) is 13.0. The van der Waals surface area contributed by atoms with Gasteiger partial charge < -0.3 is 5.32 Å². The van der Waals surface area contributed by atoms with Crippen LogP contribution in [0.15, 0.2) is 46.9 Å². The Bertz CT molecular complexity index is 597. The molecule has 1 nitrogen and oxygen atoms in total. The summed E-state index contributed by atoms with van der Waals surface area (Å²) in [5, 5.41) is 4.34. The molecule has 1 aliphatic carbocycles. The summed E-state index contributed by atoms with van der Waals surface area (Å²) in [6, 6.07) is 15.1. The molecule has 0 saturated carbocycles. The van der Waals surface area contributed by atoms with E-state index in [0.29, 0.717) is 6.04 Å². The van der Waals surface area contributed by atoms with Crippen LogP contribution in [0.5, 0.6) is 0 Å². The van der Waals surface area contributed by atoms with Crippen molar-refractivity contribution in [1.29, 1.82) is 0 Å². The fourth-order valence-corrected chi connectivity index (χ4v) is 3.12. The Labute approximate surface area is 127 Å². The maximum atomic E-state index is 6.14. The van der Waals surface area contributed by atoms with E-state index in [2.05, 4.69) is 51.6 Å². The average Bonchev–Trinajstić information content (AvgIpc) is 2.43. The highest BCUT2D eigenvalue weighted by Crippen LogP contribution is 2.34. The van der Waals surface area contributed by atoms with Crippen LogP contribution in [0.25, 0.3) is 0 Å². The van der Waals surface area contributed by atoms with Gasteiger partial charge in [0.05, 0.1) is 11.1 Å². The number of aryl methyl sites for hydroxylation is 1. The van der Waals surface area contributed by atoms with Gasteiger partial charge in [0.1, 0.15) is 0 Å². The molecule has 3 rings (SSSR count). The van der Waals surface area contributed by atoms with Gasteiger partial charge in [-0.25, -0.2) is 0 Å². The molecule has 0 saturated heterocycles. The zero-order chi connectivity index (χ0) is 13.2. The van der Waals surface area contributed by atoms with Gasteiger partial charge in [-0.1, -0.05) is 35.9 Å². The van der Waals surface area contributed by atoms with Crippen LogP contribution in [0.3, 0.4) is 0 Å². The number of rotatable bonds is 2. The van der Waals surface area contributed by atoms with Gasteiger partial charge in [0.25, 0.3) is 0 Å². The minimum Gasteiger partial charge on any atom is -0.378 e. The number of anilines is 1. The van der Waals surface area contributed by atoms with Crippen molar-refractivity contribution < 1.29 is 0 Å². The average molecular weight is 337 g/mol. The molecule has 19 heavy (non-hydrogen) atoms. The summed E-state index contributed by atoms with van der Waals surface area (Å²) < 4.78 is 0.934. The molecule has 1 unspecified atom stereocenters. The summed E-state index contributed by atoms with van der Waals surface area (Å²) in [5.41, 5.74) is 3.97. The van der Waals surface area contributed by atoms with Crippen LogP contribution in [0.4, 0.5) is 5.69 Å². The van der Waals surface area contributed by atoms with Gasteiger partial charge in [0.15, 0.2) is 0 Å². The molecule has 98 valence electrons. The van der Waals surface area contributed by atoms with E-state index in [9.17, 15) is 0 Å². The second-order valence-corrected chi connectivity index (χ2v) is 6.18. The van der Waals surface area contributed by atoms with Crippen LogP contribution >= 0.6 is 27.5 Å². The van der Waals surface area contributed by atoms with Crippen molar-refractivity contribution in [2.45, 2.75) is 25.3 Å². The van der Waals surface area contributed by atoms with Crippen molar-refractivity contribution in [2.75, 3.05) is 5.32 Å². The summed E-state index contributed by atoms with van der Waals surface area (Å²) in [7, 11) is 0. The van der Waals surface area contributed by atoms with Gasteiger partial charge in [0, 0.05) is 10.2 Å². The van der Waals surface area contributed by atoms with Crippen LogP contribution in [-0.4, -0.2) is 0 Å². The molecule has 0 radical (unpaired) electrons. The Hall–Kier alpha value is -0.990. The lowest BCUT2D eigenvalue weighted by Gasteiger charge is -2.27. The number of fused-ring (bicyclic) bond motifs is 1. The molecule has 0 fully saturated rings. The van der Waals surface area contributed by atoms with Crippen molar-refractivity contribution in [1.82, 2.24) is 0 Å². The second-order valence-electron chi connectivity index (χ2n) is 4.92. The predicted molar refractivity (Wildman–Crippen MR) is 84.9 cm³/mol. The minimum atomic E-state index is 0.391. The molecule has 0 aliphatic heterocycles. The molecule has 2 aromatic rings. The first-order valence-electron chi connectivity index (χ1n) is 6.53. The lowest BCUT2D eigenvalue weighted by atomic mass is 9.87. The number of nitrogens with one attached hydrogen (secondary N) is 1. The van der Waals surface area contributed by atoms with Crippen molar-refractivity contribution in [3.63, 3.8) is 0 Å². The molecule has 0 bridgehead atoms. The first-order chi connectivity index (χ1) is 9.24.